The minimum Gasteiger partial charge on any atom is -0.409 e. The van der Waals surface area contributed by atoms with Crippen LogP contribution < -0.4 is 11.1 Å². The molecule has 0 heterocycles. The van der Waals surface area contributed by atoms with E-state index in [1.54, 1.807) is 19.1 Å². The maximum Gasteiger partial charge on any atom is 0.170 e. The highest BCUT2D eigenvalue weighted by molar-refractivity contribution is 6.31. The first-order valence-corrected chi connectivity index (χ1v) is 6.07. The maximum absolute atomic E-state index is 9.11. The molecule has 1 aromatic carbocycles. The van der Waals surface area contributed by atoms with Crippen LogP contribution in [-0.4, -0.2) is 28.8 Å². The van der Waals surface area contributed by atoms with Crippen molar-refractivity contribution in [3.05, 3.63) is 34.3 Å². The number of amidine groups is 1. The lowest BCUT2D eigenvalue weighted by Crippen LogP contribution is -2.19. The lowest BCUT2D eigenvalue weighted by atomic mass is 10.1. The van der Waals surface area contributed by atoms with Gasteiger partial charge in [-0.05, 0) is 31.5 Å². The lowest BCUT2D eigenvalue weighted by Gasteiger charge is -2.09. The highest BCUT2D eigenvalue weighted by atomic mass is 35.5. The minimum absolute atomic E-state index is 0.0329. The average Bonchev–Trinajstić information content (AvgIpc) is 2.34. The van der Waals surface area contributed by atoms with Crippen LogP contribution in [0.15, 0.2) is 23.4 Å². The van der Waals surface area contributed by atoms with E-state index >= 15 is 0 Å². The Labute approximate surface area is 111 Å². The predicted molar refractivity (Wildman–Crippen MR) is 72.0 cm³/mol. The number of hydrogen-bond donors (Lipinski definition) is 4. The number of nitrogens with one attached hydrogen (secondary N) is 1. The molecule has 0 aliphatic rings. The molecule has 0 spiro atoms. The SMILES string of the molecule is CC(O)CCNCc1ccc(/C(N)=N/O)cc1Cl. The second-order valence-corrected chi connectivity index (χ2v) is 4.51. The molecule has 0 saturated heterocycles. The summed E-state index contributed by atoms with van der Waals surface area (Å²) in [5.41, 5.74) is 6.97. The standard InChI is InChI=1S/C12H18ClN3O2/c1-8(17)4-5-15-7-10-3-2-9(6-11(10)13)12(14)16-18/h2-3,6,8,15,17-18H,4-5,7H2,1H3,(H2,14,16). The molecule has 1 rings (SSSR count). The molecule has 5 nitrogen and oxygen atoms in total. The Balaban J connectivity index is 2.58. The molecule has 0 aromatic heterocycles. The van der Waals surface area contributed by atoms with E-state index in [-0.39, 0.29) is 11.9 Å². The quantitative estimate of drug-likeness (QED) is 0.206. The highest BCUT2D eigenvalue weighted by Gasteiger charge is 2.05. The molecule has 0 saturated carbocycles. The summed E-state index contributed by atoms with van der Waals surface area (Å²) in [6.45, 7) is 3.08. The fraction of sp³-hybridized carbons (Fsp3) is 0.417. The van der Waals surface area contributed by atoms with Crippen molar-refractivity contribution < 1.29 is 10.3 Å². The molecule has 1 aromatic rings. The van der Waals surface area contributed by atoms with E-state index in [1.807, 2.05) is 6.07 Å². The fourth-order valence-electron chi connectivity index (χ4n) is 1.44. The number of rotatable bonds is 6. The van der Waals surface area contributed by atoms with Crippen molar-refractivity contribution in [2.75, 3.05) is 6.54 Å². The first-order chi connectivity index (χ1) is 8.54. The number of oxime groups is 1. The van der Waals surface area contributed by atoms with E-state index in [2.05, 4.69) is 10.5 Å². The number of nitrogens with two attached hydrogens (primary N) is 1. The zero-order chi connectivity index (χ0) is 13.5. The molecule has 1 unspecified atom stereocenters. The van der Waals surface area contributed by atoms with Crippen LogP contribution in [0, 0.1) is 0 Å². The molecular formula is C12H18ClN3O2. The molecule has 0 aliphatic heterocycles. The van der Waals surface area contributed by atoms with Gasteiger partial charge in [-0.25, -0.2) is 0 Å². The molecule has 0 radical (unpaired) electrons. The molecule has 100 valence electrons. The van der Waals surface area contributed by atoms with Crippen LogP contribution in [0.1, 0.15) is 24.5 Å². The van der Waals surface area contributed by atoms with Crippen LogP contribution in [0.5, 0.6) is 0 Å². The molecule has 5 N–H and O–H groups in total. The number of aliphatic hydroxyl groups is 1. The minimum atomic E-state index is -0.309. The topological polar surface area (TPSA) is 90.9 Å². The van der Waals surface area contributed by atoms with Gasteiger partial charge in [0.25, 0.3) is 0 Å². The van der Waals surface area contributed by atoms with Crippen LogP contribution in [-0.2, 0) is 6.54 Å². The second-order valence-electron chi connectivity index (χ2n) is 4.11. The predicted octanol–water partition coefficient (Wildman–Crippen LogP) is 1.29. The zero-order valence-electron chi connectivity index (χ0n) is 10.2. The van der Waals surface area contributed by atoms with Crippen molar-refractivity contribution in [3.63, 3.8) is 0 Å². The Kier molecular flexibility index (Phi) is 5.91. The summed E-state index contributed by atoms with van der Waals surface area (Å²) in [6.07, 6.45) is 0.385. The van der Waals surface area contributed by atoms with Crippen LogP contribution in [0.25, 0.3) is 0 Å². The molecule has 18 heavy (non-hydrogen) atoms. The van der Waals surface area contributed by atoms with E-state index < -0.39 is 0 Å². The first-order valence-electron chi connectivity index (χ1n) is 5.69. The Morgan fingerprint density at radius 2 is 2.28 bits per heavy atom. The van der Waals surface area contributed by atoms with Gasteiger partial charge in [-0.15, -0.1) is 0 Å². The highest BCUT2D eigenvalue weighted by Crippen LogP contribution is 2.17. The van der Waals surface area contributed by atoms with Gasteiger partial charge >= 0.3 is 0 Å². The third kappa shape index (κ3) is 4.52. The largest absolute Gasteiger partial charge is 0.409 e. The van der Waals surface area contributed by atoms with Crippen molar-refractivity contribution in [1.29, 1.82) is 0 Å². The normalized spacial score (nSPS) is 13.6. The van der Waals surface area contributed by atoms with Gasteiger partial charge < -0.3 is 21.4 Å². The summed E-state index contributed by atoms with van der Waals surface area (Å²) in [4.78, 5) is 0. The van der Waals surface area contributed by atoms with Crippen molar-refractivity contribution in [2.45, 2.75) is 26.0 Å². The number of nitrogens with zero attached hydrogens (tertiary/aromatic N) is 1. The summed E-state index contributed by atoms with van der Waals surface area (Å²) < 4.78 is 0. The Morgan fingerprint density at radius 3 is 2.83 bits per heavy atom. The summed E-state index contributed by atoms with van der Waals surface area (Å²) in [5, 5.41) is 24.3. The van der Waals surface area contributed by atoms with E-state index in [0.717, 1.165) is 12.1 Å². The monoisotopic (exact) mass is 271 g/mol. The molecule has 0 bridgehead atoms. The van der Waals surface area contributed by atoms with Gasteiger partial charge in [0.1, 0.15) is 0 Å². The smallest absolute Gasteiger partial charge is 0.170 e. The zero-order valence-corrected chi connectivity index (χ0v) is 11.0. The average molecular weight is 272 g/mol. The Bertz CT molecular complexity index is 422. The number of halogens is 1. The van der Waals surface area contributed by atoms with Crippen molar-refractivity contribution in [2.24, 2.45) is 10.9 Å². The fourth-order valence-corrected chi connectivity index (χ4v) is 1.69. The Morgan fingerprint density at radius 1 is 1.56 bits per heavy atom. The van der Waals surface area contributed by atoms with Crippen LogP contribution in [0.3, 0.4) is 0 Å². The van der Waals surface area contributed by atoms with E-state index in [1.165, 1.54) is 0 Å². The van der Waals surface area contributed by atoms with Gasteiger partial charge in [0.2, 0.25) is 0 Å². The summed E-state index contributed by atoms with van der Waals surface area (Å²) in [6, 6.07) is 5.22. The summed E-state index contributed by atoms with van der Waals surface area (Å²) in [7, 11) is 0. The van der Waals surface area contributed by atoms with Crippen molar-refractivity contribution >= 4 is 17.4 Å². The second kappa shape index (κ2) is 7.20. The Hall–Kier alpha value is -1.30. The first kappa shape index (κ1) is 14.8. The van der Waals surface area contributed by atoms with Crippen LogP contribution in [0.4, 0.5) is 0 Å². The van der Waals surface area contributed by atoms with Crippen LogP contribution in [0.2, 0.25) is 5.02 Å². The number of aliphatic hydroxyl groups excluding tert-OH is 1. The summed E-state index contributed by atoms with van der Waals surface area (Å²) in [5.74, 6) is 0.0329. The molecule has 0 amide bonds. The van der Waals surface area contributed by atoms with Gasteiger partial charge in [0, 0.05) is 17.1 Å². The molecule has 0 aliphatic carbocycles. The third-order valence-corrected chi connectivity index (χ3v) is 2.86. The van der Waals surface area contributed by atoms with Gasteiger partial charge in [0.15, 0.2) is 5.84 Å². The number of benzene rings is 1. The number of hydrogen-bond acceptors (Lipinski definition) is 4. The van der Waals surface area contributed by atoms with E-state index in [4.69, 9.17) is 27.6 Å². The van der Waals surface area contributed by atoms with E-state index in [9.17, 15) is 0 Å². The van der Waals surface area contributed by atoms with Gasteiger partial charge in [-0.3, -0.25) is 0 Å². The van der Waals surface area contributed by atoms with Gasteiger partial charge in [0.05, 0.1) is 6.10 Å². The maximum atomic E-state index is 9.11. The molecule has 6 heteroatoms. The van der Waals surface area contributed by atoms with Crippen molar-refractivity contribution in [3.8, 4) is 0 Å². The van der Waals surface area contributed by atoms with Gasteiger partial charge in [-0.1, -0.05) is 28.9 Å². The van der Waals surface area contributed by atoms with E-state index in [0.29, 0.717) is 23.6 Å². The van der Waals surface area contributed by atoms with Gasteiger partial charge in [-0.2, -0.15) is 0 Å². The summed E-state index contributed by atoms with van der Waals surface area (Å²) >= 11 is 6.09. The molecule has 0 fully saturated rings. The lowest BCUT2D eigenvalue weighted by molar-refractivity contribution is 0.183. The van der Waals surface area contributed by atoms with Crippen molar-refractivity contribution in [1.82, 2.24) is 5.32 Å². The molecular weight excluding hydrogens is 254 g/mol. The third-order valence-electron chi connectivity index (χ3n) is 2.51. The van der Waals surface area contributed by atoms with Crippen LogP contribution >= 0.6 is 11.6 Å². The molecule has 1 atom stereocenters.